The molecular formula is C21H21NOS. The maximum Gasteiger partial charge on any atom is 0.0693 e. The van der Waals surface area contributed by atoms with Crippen molar-refractivity contribution in [2.75, 3.05) is 0 Å². The van der Waals surface area contributed by atoms with Crippen molar-refractivity contribution in [1.29, 1.82) is 5.26 Å². The molecule has 0 amide bonds. The average molecular weight is 335 g/mol. The first-order valence-corrected chi connectivity index (χ1v) is 9.32. The van der Waals surface area contributed by atoms with Crippen molar-refractivity contribution < 1.29 is 5.11 Å². The lowest BCUT2D eigenvalue weighted by Crippen LogP contribution is -2.19. The molecule has 1 aliphatic carbocycles. The summed E-state index contributed by atoms with van der Waals surface area (Å²) in [5, 5.41) is 21.9. The number of benzene rings is 1. The van der Waals surface area contributed by atoms with E-state index >= 15 is 0 Å². The first-order valence-electron chi connectivity index (χ1n) is 8.44. The number of nitrogens with zero attached hydrogens (tertiary/aromatic N) is 1. The SMILES string of the molecule is N#C[C@@H]1C[C@@H](O)[C@H](C#Cc2ccccc2)[C@H]1CCCc1cccs1. The van der Waals surface area contributed by atoms with Crippen LogP contribution in [0.2, 0.25) is 0 Å². The molecule has 3 heteroatoms. The third-order valence-electron chi connectivity index (χ3n) is 4.75. The largest absolute Gasteiger partial charge is 0.392 e. The van der Waals surface area contributed by atoms with Crippen LogP contribution in [0.4, 0.5) is 0 Å². The van der Waals surface area contributed by atoms with Crippen molar-refractivity contribution in [3.05, 3.63) is 58.3 Å². The number of aliphatic hydroxyl groups excluding tert-OH is 1. The van der Waals surface area contributed by atoms with Gasteiger partial charge in [-0.1, -0.05) is 36.1 Å². The Morgan fingerprint density at radius 1 is 1.17 bits per heavy atom. The van der Waals surface area contributed by atoms with Gasteiger partial charge in [-0.3, -0.25) is 0 Å². The lowest BCUT2D eigenvalue weighted by Gasteiger charge is -2.18. The predicted octanol–water partition coefficient (Wildman–Crippen LogP) is 4.26. The molecule has 122 valence electrons. The zero-order chi connectivity index (χ0) is 16.8. The molecule has 1 aromatic heterocycles. The summed E-state index contributed by atoms with van der Waals surface area (Å²) in [6, 6.07) is 16.5. The Bertz CT molecular complexity index is 736. The van der Waals surface area contributed by atoms with Crippen molar-refractivity contribution in [2.45, 2.75) is 31.8 Å². The van der Waals surface area contributed by atoms with Crippen LogP contribution in [-0.4, -0.2) is 11.2 Å². The average Bonchev–Trinajstić information content (AvgIpc) is 3.22. The Hall–Kier alpha value is -2.07. The molecule has 0 bridgehead atoms. The summed E-state index contributed by atoms with van der Waals surface area (Å²) in [7, 11) is 0. The van der Waals surface area contributed by atoms with Gasteiger partial charge < -0.3 is 5.11 Å². The van der Waals surface area contributed by atoms with Gasteiger partial charge in [0.2, 0.25) is 0 Å². The number of thiophene rings is 1. The predicted molar refractivity (Wildman–Crippen MR) is 97.3 cm³/mol. The van der Waals surface area contributed by atoms with Crippen molar-refractivity contribution in [2.24, 2.45) is 17.8 Å². The number of hydrogen-bond acceptors (Lipinski definition) is 3. The highest BCUT2D eigenvalue weighted by molar-refractivity contribution is 7.09. The maximum atomic E-state index is 10.4. The Labute approximate surface area is 147 Å². The van der Waals surface area contributed by atoms with Gasteiger partial charge in [-0.05, 0) is 55.2 Å². The number of nitriles is 1. The van der Waals surface area contributed by atoms with Crippen molar-refractivity contribution >= 4 is 11.3 Å². The van der Waals surface area contributed by atoms with E-state index in [1.54, 1.807) is 11.3 Å². The highest BCUT2D eigenvalue weighted by atomic mass is 32.1. The molecule has 3 rings (SSSR count). The molecule has 0 unspecified atom stereocenters. The molecule has 24 heavy (non-hydrogen) atoms. The summed E-state index contributed by atoms with van der Waals surface area (Å²) in [6.45, 7) is 0. The van der Waals surface area contributed by atoms with Gasteiger partial charge in [0.05, 0.1) is 24.0 Å². The van der Waals surface area contributed by atoms with Crippen molar-refractivity contribution in [1.82, 2.24) is 0 Å². The molecule has 0 spiro atoms. The van der Waals surface area contributed by atoms with Crippen LogP contribution in [0.5, 0.6) is 0 Å². The van der Waals surface area contributed by atoms with Gasteiger partial charge in [-0.15, -0.1) is 11.3 Å². The second kappa shape index (κ2) is 8.15. The molecule has 0 aliphatic heterocycles. The third kappa shape index (κ3) is 4.06. The lowest BCUT2D eigenvalue weighted by atomic mass is 9.85. The van der Waals surface area contributed by atoms with E-state index in [2.05, 4.69) is 35.4 Å². The quantitative estimate of drug-likeness (QED) is 0.849. The summed E-state index contributed by atoms with van der Waals surface area (Å²) in [4.78, 5) is 1.38. The lowest BCUT2D eigenvalue weighted by molar-refractivity contribution is 0.144. The molecule has 1 fully saturated rings. The summed E-state index contributed by atoms with van der Waals surface area (Å²) in [5.74, 6) is 6.42. The molecule has 0 radical (unpaired) electrons. The van der Waals surface area contributed by atoms with E-state index in [0.29, 0.717) is 6.42 Å². The summed E-state index contributed by atoms with van der Waals surface area (Å²) in [5.41, 5.74) is 0.961. The molecule has 4 atom stereocenters. The number of aryl methyl sites for hydroxylation is 1. The minimum absolute atomic E-state index is 0.0848. The second-order valence-electron chi connectivity index (χ2n) is 6.34. The molecule has 0 saturated heterocycles. The zero-order valence-electron chi connectivity index (χ0n) is 13.6. The molecule has 2 aromatic rings. The molecule has 1 aliphatic rings. The van der Waals surface area contributed by atoms with Crippen LogP contribution in [0.3, 0.4) is 0 Å². The van der Waals surface area contributed by atoms with E-state index in [-0.39, 0.29) is 17.8 Å². The minimum Gasteiger partial charge on any atom is -0.392 e. The van der Waals surface area contributed by atoms with Gasteiger partial charge in [-0.2, -0.15) is 5.26 Å². The monoisotopic (exact) mass is 335 g/mol. The molecule has 1 aromatic carbocycles. The standard InChI is InChI=1S/C21H21NOS/c22-15-17-14-21(23)20(12-11-16-6-2-1-3-7-16)19(17)10-4-8-18-9-5-13-24-18/h1-3,5-7,9,13,17,19-21,23H,4,8,10,14H2/t17-,19-,20+,21+/m0/s1. The van der Waals surface area contributed by atoms with Crippen LogP contribution in [0.1, 0.15) is 29.7 Å². The topological polar surface area (TPSA) is 44.0 Å². The smallest absolute Gasteiger partial charge is 0.0693 e. The van der Waals surface area contributed by atoms with Crippen LogP contribution >= 0.6 is 11.3 Å². The van der Waals surface area contributed by atoms with Crippen LogP contribution < -0.4 is 0 Å². The van der Waals surface area contributed by atoms with E-state index in [4.69, 9.17) is 0 Å². The molecule has 1 saturated carbocycles. The van der Waals surface area contributed by atoms with Crippen LogP contribution in [-0.2, 0) is 6.42 Å². The highest BCUT2D eigenvalue weighted by Crippen LogP contribution is 2.40. The first kappa shape index (κ1) is 16.8. The number of rotatable bonds is 4. The first-order chi connectivity index (χ1) is 11.8. The number of hydrogen-bond donors (Lipinski definition) is 1. The van der Waals surface area contributed by atoms with Gasteiger partial charge >= 0.3 is 0 Å². The van der Waals surface area contributed by atoms with E-state index in [1.807, 2.05) is 30.3 Å². The van der Waals surface area contributed by atoms with Crippen LogP contribution in [0.25, 0.3) is 0 Å². The van der Waals surface area contributed by atoms with Gasteiger partial charge in [0.15, 0.2) is 0 Å². The Balaban J connectivity index is 1.68. The maximum absolute atomic E-state index is 10.4. The van der Waals surface area contributed by atoms with Crippen molar-refractivity contribution in [3.63, 3.8) is 0 Å². The molecular weight excluding hydrogens is 314 g/mol. The Kier molecular flexibility index (Phi) is 5.70. The Morgan fingerprint density at radius 3 is 2.71 bits per heavy atom. The van der Waals surface area contributed by atoms with Gasteiger partial charge in [0.1, 0.15) is 0 Å². The zero-order valence-corrected chi connectivity index (χ0v) is 14.4. The summed E-state index contributed by atoms with van der Waals surface area (Å²) in [6.07, 6.45) is 3.09. The Morgan fingerprint density at radius 2 is 2.00 bits per heavy atom. The number of aliphatic hydroxyl groups is 1. The molecule has 2 nitrogen and oxygen atoms in total. The van der Waals surface area contributed by atoms with E-state index in [1.165, 1.54) is 4.88 Å². The highest BCUT2D eigenvalue weighted by Gasteiger charge is 2.41. The summed E-state index contributed by atoms with van der Waals surface area (Å²) >= 11 is 1.78. The molecule has 1 heterocycles. The normalized spacial score (nSPS) is 25.7. The van der Waals surface area contributed by atoms with Gasteiger partial charge in [-0.25, -0.2) is 0 Å². The fraction of sp³-hybridized carbons (Fsp3) is 0.381. The molecule has 1 N–H and O–H groups in total. The van der Waals surface area contributed by atoms with E-state index < -0.39 is 6.10 Å². The fourth-order valence-electron chi connectivity index (χ4n) is 3.50. The third-order valence-corrected chi connectivity index (χ3v) is 5.69. The minimum atomic E-state index is -0.488. The summed E-state index contributed by atoms with van der Waals surface area (Å²) < 4.78 is 0. The van der Waals surface area contributed by atoms with E-state index in [9.17, 15) is 10.4 Å². The van der Waals surface area contributed by atoms with E-state index in [0.717, 1.165) is 24.8 Å². The second-order valence-corrected chi connectivity index (χ2v) is 7.37. The fourth-order valence-corrected chi connectivity index (χ4v) is 4.26. The van der Waals surface area contributed by atoms with Crippen molar-refractivity contribution in [3.8, 4) is 17.9 Å². The van der Waals surface area contributed by atoms with Gasteiger partial charge in [0, 0.05) is 10.4 Å². The van der Waals surface area contributed by atoms with Gasteiger partial charge in [0.25, 0.3) is 0 Å². The van der Waals surface area contributed by atoms with Crippen LogP contribution in [0.15, 0.2) is 47.8 Å². The van der Waals surface area contributed by atoms with Crippen LogP contribution in [0, 0.1) is 40.9 Å².